The Bertz CT molecular complexity index is 525. The zero-order valence-electron chi connectivity index (χ0n) is 11.3. The maximum absolute atomic E-state index is 3.92. The van der Waals surface area contributed by atoms with Gasteiger partial charge in [0.1, 0.15) is 0 Å². The van der Waals surface area contributed by atoms with Crippen LogP contribution in [-0.2, 0) is 0 Å². The second-order valence-corrected chi connectivity index (χ2v) is 7.75. The molecular weight excluding hydrogens is 316 g/mol. The van der Waals surface area contributed by atoms with Crippen LogP contribution < -0.4 is 0 Å². The van der Waals surface area contributed by atoms with Crippen LogP contribution in [0.25, 0.3) is 10.1 Å². The number of alkyl halides is 1. The summed E-state index contributed by atoms with van der Waals surface area (Å²) >= 11 is 5.79. The molecule has 0 nitrogen and oxygen atoms in total. The maximum atomic E-state index is 3.92. The van der Waals surface area contributed by atoms with Gasteiger partial charge in [0, 0.05) is 9.53 Å². The molecule has 1 fully saturated rings. The molecule has 102 valence electrons. The summed E-state index contributed by atoms with van der Waals surface area (Å²) in [6, 6.07) is 8.77. The first kappa shape index (κ1) is 13.6. The summed E-state index contributed by atoms with van der Waals surface area (Å²) in [6.07, 6.45) is 9.97. The summed E-state index contributed by atoms with van der Waals surface area (Å²) in [4.78, 5) is 0.533. The van der Waals surface area contributed by atoms with E-state index in [0.717, 1.165) is 5.92 Å². The Morgan fingerprint density at radius 3 is 2.79 bits per heavy atom. The zero-order valence-corrected chi connectivity index (χ0v) is 13.7. The summed E-state index contributed by atoms with van der Waals surface area (Å²) in [7, 11) is 0. The Balaban J connectivity index is 1.64. The predicted molar refractivity (Wildman–Crippen MR) is 89.3 cm³/mol. The van der Waals surface area contributed by atoms with Crippen molar-refractivity contribution < 1.29 is 0 Å². The number of benzene rings is 1. The molecule has 1 aromatic heterocycles. The molecule has 19 heavy (non-hydrogen) atoms. The minimum Gasteiger partial charge on any atom is -0.143 e. The van der Waals surface area contributed by atoms with E-state index in [2.05, 4.69) is 45.6 Å². The van der Waals surface area contributed by atoms with Gasteiger partial charge in [0.25, 0.3) is 0 Å². The minimum atomic E-state index is 0.533. The molecule has 1 aliphatic rings. The normalized spacial score (nSPS) is 18.8. The Morgan fingerprint density at radius 2 is 1.95 bits per heavy atom. The first-order valence-electron chi connectivity index (χ1n) is 7.45. The first-order valence-corrected chi connectivity index (χ1v) is 9.24. The highest BCUT2D eigenvalue weighted by Crippen LogP contribution is 2.39. The molecule has 0 amide bonds. The number of hydrogen-bond donors (Lipinski definition) is 0. The van der Waals surface area contributed by atoms with Crippen LogP contribution in [0.5, 0.6) is 0 Å². The topological polar surface area (TPSA) is 0 Å². The summed E-state index contributed by atoms with van der Waals surface area (Å²) in [6.45, 7) is 0. The van der Waals surface area contributed by atoms with Crippen LogP contribution in [0.2, 0.25) is 0 Å². The van der Waals surface area contributed by atoms with Crippen molar-refractivity contribution in [3.05, 3.63) is 35.2 Å². The minimum absolute atomic E-state index is 0.533. The molecule has 0 spiro atoms. The van der Waals surface area contributed by atoms with Gasteiger partial charge in [-0.2, -0.15) is 0 Å². The molecule has 1 saturated carbocycles. The van der Waals surface area contributed by atoms with Crippen molar-refractivity contribution in [2.24, 2.45) is 5.92 Å². The number of fused-ring (bicyclic) bond motifs is 1. The molecule has 2 heteroatoms. The standard InChI is InChI=1S/C17H21BrS/c18-16(11-10-13-6-2-1-3-7-13)15-12-19-17-9-5-4-8-14(15)17/h4-5,8-9,12-13,16H,1-3,6-7,10-11H2. The van der Waals surface area contributed by atoms with Gasteiger partial charge in [-0.3, -0.25) is 0 Å². The first-order chi connectivity index (χ1) is 9.34. The van der Waals surface area contributed by atoms with Crippen molar-refractivity contribution in [2.45, 2.75) is 49.8 Å². The van der Waals surface area contributed by atoms with Gasteiger partial charge in [0.05, 0.1) is 0 Å². The fourth-order valence-electron chi connectivity index (χ4n) is 3.25. The lowest BCUT2D eigenvalue weighted by Crippen LogP contribution is -2.06. The van der Waals surface area contributed by atoms with Crippen molar-refractivity contribution in [1.29, 1.82) is 0 Å². The molecule has 3 rings (SSSR count). The molecule has 2 aromatic rings. The van der Waals surface area contributed by atoms with E-state index in [0.29, 0.717) is 4.83 Å². The second-order valence-electron chi connectivity index (χ2n) is 5.74. The lowest BCUT2D eigenvalue weighted by atomic mass is 9.85. The highest BCUT2D eigenvalue weighted by Gasteiger charge is 2.17. The molecule has 0 bridgehead atoms. The third-order valence-corrected chi connectivity index (χ3v) is 6.33. The summed E-state index contributed by atoms with van der Waals surface area (Å²) < 4.78 is 1.42. The molecule has 0 saturated heterocycles. The lowest BCUT2D eigenvalue weighted by molar-refractivity contribution is 0.332. The van der Waals surface area contributed by atoms with Gasteiger partial charge >= 0.3 is 0 Å². The third-order valence-electron chi connectivity index (χ3n) is 4.40. The summed E-state index contributed by atoms with van der Waals surface area (Å²) in [5.74, 6) is 0.985. The molecule has 0 radical (unpaired) electrons. The van der Waals surface area contributed by atoms with Crippen LogP contribution >= 0.6 is 27.3 Å². The van der Waals surface area contributed by atoms with E-state index < -0.39 is 0 Å². The van der Waals surface area contributed by atoms with Crippen LogP contribution in [0.1, 0.15) is 55.3 Å². The fourth-order valence-corrected chi connectivity index (χ4v) is 5.09. The van der Waals surface area contributed by atoms with Crippen molar-refractivity contribution in [1.82, 2.24) is 0 Å². The highest BCUT2D eigenvalue weighted by atomic mass is 79.9. The van der Waals surface area contributed by atoms with Crippen LogP contribution in [-0.4, -0.2) is 0 Å². The van der Waals surface area contributed by atoms with Gasteiger partial charge in [-0.1, -0.05) is 66.2 Å². The Labute approximate surface area is 128 Å². The van der Waals surface area contributed by atoms with E-state index in [9.17, 15) is 0 Å². The fraction of sp³-hybridized carbons (Fsp3) is 0.529. The Hall–Kier alpha value is -0.340. The van der Waals surface area contributed by atoms with Crippen molar-refractivity contribution >= 4 is 37.4 Å². The average molecular weight is 337 g/mol. The number of hydrogen-bond acceptors (Lipinski definition) is 1. The van der Waals surface area contributed by atoms with E-state index in [1.807, 2.05) is 11.3 Å². The second kappa shape index (κ2) is 6.41. The van der Waals surface area contributed by atoms with Crippen molar-refractivity contribution in [2.75, 3.05) is 0 Å². The molecular formula is C17H21BrS. The van der Waals surface area contributed by atoms with Gasteiger partial charge in [-0.05, 0) is 41.2 Å². The van der Waals surface area contributed by atoms with Gasteiger partial charge in [-0.15, -0.1) is 11.3 Å². The predicted octanol–water partition coefficient (Wildman–Crippen LogP) is 6.70. The van der Waals surface area contributed by atoms with Crippen LogP contribution in [0.3, 0.4) is 0 Å². The molecule has 1 unspecified atom stereocenters. The summed E-state index contributed by atoms with van der Waals surface area (Å²) in [5, 5.41) is 3.78. The Morgan fingerprint density at radius 1 is 1.16 bits per heavy atom. The summed E-state index contributed by atoms with van der Waals surface area (Å²) in [5.41, 5.74) is 1.50. The van der Waals surface area contributed by atoms with E-state index in [-0.39, 0.29) is 0 Å². The van der Waals surface area contributed by atoms with Crippen LogP contribution in [0.15, 0.2) is 29.6 Å². The molecule has 1 aliphatic carbocycles. The van der Waals surface area contributed by atoms with Crippen molar-refractivity contribution in [3.8, 4) is 0 Å². The monoisotopic (exact) mass is 336 g/mol. The number of halogens is 1. The van der Waals surface area contributed by atoms with Gasteiger partial charge in [-0.25, -0.2) is 0 Å². The quantitative estimate of drug-likeness (QED) is 0.545. The molecule has 0 N–H and O–H groups in total. The smallest absolute Gasteiger partial charge is 0.0409 e. The SMILES string of the molecule is BrC(CCC1CCCCC1)c1csc2ccccc12. The van der Waals surface area contributed by atoms with Gasteiger partial charge in [0.15, 0.2) is 0 Å². The number of rotatable bonds is 4. The molecule has 1 aromatic carbocycles. The van der Waals surface area contributed by atoms with Gasteiger partial charge < -0.3 is 0 Å². The van der Waals surface area contributed by atoms with Gasteiger partial charge in [0.2, 0.25) is 0 Å². The molecule has 0 aliphatic heterocycles. The van der Waals surface area contributed by atoms with E-state index >= 15 is 0 Å². The zero-order chi connectivity index (χ0) is 13.1. The largest absolute Gasteiger partial charge is 0.143 e. The molecule has 1 heterocycles. The van der Waals surface area contributed by atoms with E-state index in [1.165, 1.54) is 60.6 Å². The number of thiophene rings is 1. The maximum Gasteiger partial charge on any atom is 0.0409 e. The highest BCUT2D eigenvalue weighted by molar-refractivity contribution is 9.09. The third kappa shape index (κ3) is 3.22. The Kier molecular flexibility index (Phi) is 4.60. The molecule has 1 atom stereocenters. The average Bonchev–Trinajstić information content (AvgIpc) is 2.90. The lowest BCUT2D eigenvalue weighted by Gasteiger charge is -2.22. The van der Waals surface area contributed by atoms with E-state index in [1.54, 1.807) is 0 Å². The van der Waals surface area contributed by atoms with Crippen LogP contribution in [0, 0.1) is 5.92 Å². The van der Waals surface area contributed by atoms with E-state index in [4.69, 9.17) is 0 Å². The van der Waals surface area contributed by atoms with Crippen LogP contribution in [0.4, 0.5) is 0 Å². The van der Waals surface area contributed by atoms with Crippen molar-refractivity contribution in [3.63, 3.8) is 0 Å².